The van der Waals surface area contributed by atoms with Gasteiger partial charge in [0.1, 0.15) is 5.69 Å². The van der Waals surface area contributed by atoms with Crippen LogP contribution in [0.4, 0.5) is 15.8 Å². The molecule has 0 aliphatic carbocycles. The van der Waals surface area contributed by atoms with Crippen LogP contribution in [0.25, 0.3) is 5.65 Å². The predicted octanol–water partition coefficient (Wildman–Crippen LogP) is 2.95. The molecule has 0 spiro atoms. The van der Waals surface area contributed by atoms with Gasteiger partial charge in [0, 0.05) is 6.20 Å². The summed E-state index contributed by atoms with van der Waals surface area (Å²) >= 11 is 0. The van der Waals surface area contributed by atoms with Gasteiger partial charge in [-0.2, -0.15) is 4.39 Å². The minimum absolute atomic E-state index is 0.102. The van der Waals surface area contributed by atoms with Crippen LogP contribution in [0.15, 0.2) is 42.6 Å². The number of fused-ring (bicyclic) bond motifs is 1. The van der Waals surface area contributed by atoms with Crippen LogP contribution >= 0.6 is 0 Å². The van der Waals surface area contributed by atoms with E-state index in [0.717, 1.165) is 6.07 Å². The van der Waals surface area contributed by atoms with Crippen molar-refractivity contribution in [2.75, 3.05) is 5.32 Å². The maximum absolute atomic E-state index is 13.6. The molecule has 2 heterocycles. The molecule has 3 aromatic rings. The highest BCUT2D eigenvalue weighted by Crippen LogP contribution is 2.30. The minimum atomic E-state index is -0.881. The van der Waals surface area contributed by atoms with Crippen molar-refractivity contribution in [1.29, 1.82) is 0 Å². The van der Waals surface area contributed by atoms with E-state index in [1.165, 1.54) is 12.1 Å². The smallest absolute Gasteiger partial charge is 0.327 e. The molecule has 112 valence electrons. The van der Waals surface area contributed by atoms with Crippen molar-refractivity contribution >= 4 is 17.0 Å². The van der Waals surface area contributed by atoms with Crippen LogP contribution in [0.2, 0.25) is 0 Å². The standard InChI is InChI=1S/C14H12FN5O2/c1-9(14-18-17-12-7-2-3-8-19(12)14)16-11-6-4-5-10(15)13(11)20(21)22/h2-9,16H,1H3. The summed E-state index contributed by atoms with van der Waals surface area (Å²) < 4.78 is 15.4. The lowest BCUT2D eigenvalue weighted by Crippen LogP contribution is -2.12. The van der Waals surface area contributed by atoms with Crippen LogP contribution < -0.4 is 5.32 Å². The number of nitrogens with one attached hydrogen (secondary N) is 1. The Morgan fingerprint density at radius 2 is 2.09 bits per heavy atom. The Labute approximate surface area is 124 Å². The summed E-state index contributed by atoms with van der Waals surface area (Å²) in [6, 6.07) is 9.01. The lowest BCUT2D eigenvalue weighted by Gasteiger charge is -2.14. The number of pyridine rings is 1. The van der Waals surface area contributed by atoms with Crippen molar-refractivity contribution in [3.63, 3.8) is 0 Å². The van der Waals surface area contributed by atoms with E-state index in [9.17, 15) is 14.5 Å². The SMILES string of the molecule is CC(Nc1cccc(F)c1[N+](=O)[O-])c1nnc2ccccn12. The highest BCUT2D eigenvalue weighted by Gasteiger charge is 2.22. The Morgan fingerprint density at radius 3 is 2.86 bits per heavy atom. The molecule has 3 rings (SSSR count). The third-order valence-electron chi connectivity index (χ3n) is 3.27. The van der Waals surface area contributed by atoms with Gasteiger partial charge in [-0.1, -0.05) is 12.1 Å². The number of anilines is 1. The molecule has 8 heteroatoms. The summed E-state index contributed by atoms with van der Waals surface area (Å²) in [5, 5.41) is 22.0. The van der Waals surface area contributed by atoms with E-state index in [1.54, 1.807) is 23.6 Å². The summed E-state index contributed by atoms with van der Waals surface area (Å²) in [4.78, 5) is 10.3. The van der Waals surface area contributed by atoms with Crippen molar-refractivity contribution in [1.82, 2.24) is 14.6 Å². The van der Waals surface area contributed by atoms with Gasteiger partial charge < -0.3 is 5.32 Å². The van der Waals surface area contributed by atoms with Gasteiger partial charge in [0.2, 0.25) is 5.82 Å². The number of nitro groups is 1. The van der Waals surface area contributed by atoms with Gasteiger partial charge in [0.05, 0.1) is 11.0 Å². The largest absolute Gasteiger partial charge is 0.370 e. The van der Waals surface area contributed by atoms with E-state index in [-0.39, 0.29) is 5.69 Å². The molecular weight excluding hydrogens is 289 g/mol. The molecule has 22 heavy (non-hydrogen) atoms. The van der Waals surface area contributed by atoms with Crippen LogP contribution in [0, 0.1) is 15.9 Å². The molecule has 7 nitrogen and oxygen atoms in total. The van der Waals surface area contributed by atoms with Gasteiger partial charge in [-0.05, 0) is 31.2 Å². The van der Waals surface area contributed by atoms with Gasteiger partial charge in [-0.3, -0.25) is 14.5 Å². The van der Waals surface area contributed by atoms with E-state index < -0.39 is 22.5 Å². The molecule has 0 saturated carbocycles. The van der Waals surface area contributed by atoms with Gasteiger partial charge in [-0.25, -0.2) is 0 Å². The number of aromatic nitrogens is 3. The molecule has 1 N–H and O–H groups in total. The summed E-state index contributed by atoms with van der Waals surface area (Å²) in [5.41, 5.74) is 0.188. The predicted molar refractivity (Wildman–Crippen MR) is 78.1 cm³/mol. The van der Waals surface area contributed by atoms with Crippen molar-refractivity contribution in [3.8, 4) is 0 Å². The summed E-state index contributed by atoms with van der Waals surface area (Å²) in [6.07, 6.45) is 1.79. The Hall–Kier alpha value is -3.03. The highest BCUT2D eigenvalue weighted by molar-refractivity contribution is 5.62. The van der Waals surface area contributed by atoms with Crippen molar-refractivity contribution in [2.24, 2.45) is 0 Å². The Balaban J connectivity index is 1.97. The molecule has 0 aliphatic rings. The van der Waals surface area contributed by atoms with Crippen molar-refractivity contribution < 1.29 is 9.31 Å². The van der Waals surface area contributed by atoms with E-state index in [1.807, 2.05) is 12.1 Å². The Morgan fingerprint density at radius 1 is 1.27 bits per heavy atom. The first-order chi connectivity index (χ1) is 10.6. The van der Waals surface area contributed by atoms with E-state index in [4.69, 9.17) is 0 Å². The average molecular weight is 301 g/mol. The zero-order valence-corrected chi connectivity index (χ0v) is 11.6. The molecule has 0 radical (unpaired) electrons. The summed E-state index contributed by atoms with van der Waals surface area (Å²) in [7, 11) is 0. The second kappa shape index (κ2) is 5.40. The number of benzene rings is 1. The molecule has 0 fully saturated rings. The number of nitrogens with zero attached hydrogens (tertiary/aromatic N) is 4. The number of para-hydroxylation sites is 1. The van der Waals surface area contributed by atoms with E-state index in [2.05, 4.69) is 15.5 Å². The maximum atomic E-state index is 13.6. The van der Waals surface area contributed by atoms with Gasteiger partial charge in [0.15, 0.2) is 11.5 Å². The zero-order chi connectivity index (χ0) is 15.7. The lowest BCUT2D eigenvalue weighted by atomic mass is 10.2. The molecule has 0 saturated heterocycles. The number of nitro benzene ring substituents is 1. The molecule has 0 aliphatic heterocycles. The Bertz CT molecular complexity index is 848. The van der Waals surface area contributed by atoms with Gasteiger partial charge in [0.25, 0.3) is 0 Å². The fraction of sp³-hybridized carbons (Fsp3) is 0.143. The normalized spacial score (nSPS) is 12.3. The van der Waals surface area contributed by atoms with Crippen LogP contribution in [-0.4, -0.2) is 19.5 Å². The summed E-state index contributed by atoms with van der Waals surface area (Å²) in [6.45, 7) is 1.78. The molecule has 1 unspecified atom stereocenters. The second-order valence-electron chi connectivity index (χ2n) is 4.75. The first-order valence-corrected chi connectivity index (χ1v) is 6.57. The minimum Gasteiger partial charge on any atom is -0.370 e. The summed E-state index contributed by atoms with van der Waals surface area (Å²) in [5.74, 6) is -0.303. The second-order valence-corrected chi connectivity index (χ2v) is 4.75. The lowest BCUT2D eigenvalue weighted by molar-refractivity contribution is -0.386. The molecule has 2 aromatic heterocycles. The maximum Gasteiger partial charge on any atom is 0.327 e. The fourth-order valence-corrected chi connectivity index (χ4v) is 2.27. The van der Waals surface area contributed by atoms with E-state index in [0.29, 0.717) is 11.5 Å². The first-order valence-electron chi connectivity index (χ1n) is 6.57. The molecule has 0 bridgehead atoms. The van der Waals surface area contributed by atoms with Crippen molar-refractivity contribution in [2.45, 2.75) is 13.0 Å². The van der Waals surface area contributed by atoms with Crippen LogP contribution in [0.5, 0.6) is 0 Å². The number of hydrogen-bond acceptors (Lipinski definition) is 5. The monoisotopic (exact) mass is 301 g/mol. The zero-order valence-electron chi connectivity index (χ0n) is 11.6. The van der Waals surface area contributed by atoms with Crippen LogP contribution in [0.3, 0.4) is 0 Å². The third kappa shape index (κ3) is 2.34. The van der Waals surface area contributed by atoms with E-state index >= 15 is 0 Å². The Kier molecular flexibility index (Phi) is 3.42. The third-order valence-corrected chi connectivity index (χ3v) is 3.27. The van der Waals surface area contributed by atoms with Crippen LogP contribution in [-0.2, 0) is 0 Å². The quantitative estimate of drug-likeness (QED) is 0.591. The molecule has 0 amide bonds. The molecular formula is C14H12FN5O2. The highest BCUT2D eigenvalue weighted by atomic mass is 19.1. The van der Waals surface area contributed by atoms with Crippen LogP contribution in [0.1, 0.15) is 18.8 Å². The number of halogens is 1. The first kappa shape index (κ1) is 13.9. The fourth-order valence-electron chi connectivity index (χ4n) is 2.27. The topological polar surface area (TPSA) is 85.4 Å². The van der Waals surface area contributed by atoms with Crippen molar-refractivity contribution in [3.05, 3.63) is 64.4 Å². The number of rotatable bonds is 4. The molecule has 1 aromatic carbocycles. The van der Waals surface area contributed by atoms with Gasteiger partial charge in [-0.15, -0.1) is 10.2 Å². The number of hydrogen-bond donors (Lipinski definition) is 1. The molecule has 1 atom stereocenters. The van der Waals surface area contributed by atoms with Gasteiger partial charge >= 0.3 is 5.69 Å². The average Bonchev–Trinajstić information content (AvgIpc) is 2.90.